The molecule has 0 aromatic heterocycles. The summed E-state index contributed by atoms with van der Waals surface area (Å²) >= 11 is 0. The number of piperidine rings is 1. The van der Waals surface area contributed by atoms with Crippen LogP contribution in [0.15, 0.2) is 0 Å². The summed E-state index contributed by atoms with van der Waals surface area (Å²) in [5.41, 5.74) is 0.562. The Kier molecular flexibility index (Phi) is 4.83. The van der Waals surface area contributed by atoms with Gasteiger partial charge in [-0.25, -0.2) is 0 Å². The number of likely N-dealkylation sites (N-methyl/N-ethyl adjacent to an activating group) is 1. The summed E-state index contributed by atoms with van der Waals surface area (Å²) in [6, 6.07) is 0. The lowest BCUT2D eigenvalue weighted by atomic mass is 9.78. The van der Waals surface area contributed by atoms with Crippen LogP contribution < -0.4 is 5.32 Å². The zero-order chi connectivity index (χ0) is 12.1. The average Bonchev–Trinajstić information content (AvgIpc) is 2.41. The predicted octanol–water partition coefficient (Wildman–Crippen LogP) is 1.40. The molecule has 1 N–H and O–H groups in total. The third kappa shape index (κ3) is 3.43. The van der Waals surface area contributed by atoms with Gasteiger partial charge in [-0.2, -0.15) is 0 Å². The van der Waals surface area contributed by atoms with Crippen LogP contribution in [0.3, 0.4) is 0 Å². The molecule has 2 rings (SSSR count). The minimum atomic E-state index is 0.562. The van der Waals surface area contributed by atoms with Crippen LogP contribution in [0, 0.1) is 5.41 Å². The maximum Gasteiger partial charge on any atom is 0.0110 e. The van der Waals surface area contributed by atoms with Gasteiger partial charge in [0.15, 0.2) is 0 Å². The quantitative estimate of drug-likeness (QED) is 0.800. The Morgan fingerprint density at radius 2 is 1.76 bits per heavy atom. The maximum absolute atomic E-state index is 3.60. The first-order valence-electron chi connectivity index (χ1n) is 7.43. The highest BCUT2D eigenvalue weighted by atomic mass is 15.3. The first-order valence-corrected chi connectivity index (χ1v) is 7.43. The van der Waals surface area contributed by atoms with E-state index in [1.54, 1.807) is 0 Å². The van der Waals surface area contributed by atoms with Crippen LogP contribution in [-0.4, -0.2) is 62.2 Å². The molecule has 2 fully saturated rings. The second-order valence-electron chi connectivity index (χ2n) is 5.84. The minimum absolute atomic E-state index is 0.562. The summed E-state index contributed by atoms with van der Waals surface area (Å²) in [6.45, 7) is 14.7. The van der Waals surface area contributed by atoms with Gasteiger partial charge in [-0.05, 0) is 37.8 Å². The van der Waals surface area contributed by atoms with Crippen LogP contribution >= 0.6 is 0 Å². The van der Waals surface area contributed by atoms with Crippen molar-refractivity contribution in [1.29, 1.82) is 0 Å². The fraction of sp³-hybridized carbons (Fsp3) is 1.00. The van der Waals surface area contributed by atoms with Crippen LogP contribution in [0.5, 0.6) is 0 Å². The molecule has 100 valence electrons. The highest BCUT2D eigenvalue weighted by molar-refractivity contribution is 4.88. The molecule has 1 unspecified atom stereocenters. The van der Waals surface area contributed by atoms with Crippen LogP contribution in [-0.2, 0) is 0 Å². The van der Waals surface area contributed by atoms with Gasteiger partial charge in [-0.1, -0.05) is 13.8 Å². The Morgan fingerprint density at radius 3 is 2.29 bits per heavy atom. The molecule has 0 radical (unpaired) electrons. The number of piperazine rings is 1. The zero-order valence-electron chi connectivity index (χ0n) is 11.7. The summed E-state index contributed by atoms with van der Waals surface area (Å²) in [5, 5.41) is 3.60. The number of hydrogen-bond donors (Lipinski definition) is 1. The van der Waals surface area contributed by atoms with Crippen molar-refractivity contribution in [2.24, 2.45) is 5.41 Å². The van der Waals surface area contributed by atoms with Crippen molar-refractivity contribution >= 4 is 0 Å². The van der Waals surface area contributed by atoms with Crippen molar-refractivity contribution < 1.29 is 0 Å². The SMILES string of the molecule is CCN1CCN(CC2(CC)CCCNC2)CC1. The third-order valence-electron chi connectivity index (χ3n) is 4.78. The van der Waals surface area contributed by atoms with E-state index in [9.17, 15) is 0 Å². The van der Waals surface area contributed by atoms with E-state index in [2.05, 4.69) is 29.0 Å². The summed E-state index contributed by atoms with van der Waals surface area (Å²) < 4.78 is 0. The van der Waals surface area contributed by atoms with Crippen molar-refractivity contribution in [3.8, 4) is 0 Å². The number of nitrogens with zero attached hydrogens (tertiary/aromatic N) is 2. The Bertz CT molecular complexity index is 216. The smallest absolute Gasteiger partial charge is 0.0110 e. The molecule has 0 aromatic carbocycles. The maximum atomic E-state index is 3.60. The molecule has 0 bridgehead atoms. The molecule has 0 amide bonds. The van der Waals surface area contributed by atoms with E-state index >= 15 is 0 Å². The Balaban J connectivity index is 1.82. The molecule has 2 aliphatic rings. The molecule has 0 saturated carbocycles. The van der Waals surface area contributed by atoms with Crippen LogP contribution in [0.1, 0.15) is 33.1 Å². The molecule has 0 spiro atoms. The molecule has 2 aliphatic heterocycles. The van der Waals surface area contributed by atoms with E-state index < -0.39 is 0 Å². The lowest BCUT2D eigenvalue weighted by molar-refractivity contribution is 0.0691. The Labute approximate surface area is 107 Å². The molecule has 2 heterocycles. The number of rotatable bonds is 4. The van der Waals surface area contributed by atoms with E-state index in [1.807, 2.05) is 0 Å². The molecule has 17 heavy (non-hydrogen) atoms. The molecular formula is C14H29N3. The van der Waals surface area contributed by atoms with Crippen LogP contribution in [0.2, 0.25) is 0 Å². The molecular weight excluding hydrogens is 210 g/mol. The van der Waals surface area contributed by atoms with Crippen molar-refractivity contribution in [2.75, 3.05) is 52.4 Å². The number of hydrogen-bond acceptors (Lipinski definition) is 3. The van der Waals surface area contributed by atoms with E-state index in [0.29, 0.717) is 5.41 Å². The Hall–Kier alpha value is -0.120. The molecule has 0 aromatic rings. The number of nitrogens with one attached hydrogen (secondary N) is 1. The minimum Gasteiger partial charge on any atom is -0.316 e. The van der Waals surface area contributed by atoms with Gasteiger partial charge >= 0.3 is 0 Å². The van der Waals surface area contributed by atoms with Gasteiger partial charge in [0.2, 0.25) is 0 Å². The lowest BCUT2D eigenvalue weighted by Gasteiger charge is -2.43. The van der Waals surface area contributed by atoms with Gasteiger partial charge in [0.1, 0.15) is 0 Å². The third-order valence-corrected chi connectivity index (χ3v) is 4.78. The van der Waals surface area contributed by atoms with Crippen molar-refractivity contribution in [2.45, 2.75) is 33.1 Å². The summed E-state index contributed by atoms with van der Waals surface area (Å²) in [5.74, 6) is 0. The van der Waals surface area contributed by atoms with Gasteiger partial charge in [0.05, 0.1) is 0 Å². The summed E-state index contributed by atoms with van der Waals surface area (Å²) in [7, 11) is 0. The summed E-state index contributed by atoms with van der Waals surface area (Å²) in [4.78, 5) is 5.26. The van der Waals surface area contributed by atoms with Gasteiger partial charge in [-0.3, -0.25) is 0 Å². The monoisotopic (exact) mass is 239 g/mol. The fourth-order valence-corrected chi connectivity index (χ4v) is 3.32. The second kappa shape index (κ2) is 6.17. The van der Waals surface area contributed by atoms with E-state index in [4.69, 9.17) is 0 Å². The van der Waals surface area contributed by atoms with E-state index in [-0.39, 0.29) is 0 Å². The van der Waals surface area contributed by atoms with Crippen LogP contribution in [0.25, 0.3) is 0 Å². The second-order valence-corrected chi connectivity index (χ2v) is 5.84. The molecule has 3 nitrogen and oxygen atoms in total. The van der Waals surface area contributed by atoms with Gasteiger partial charge < -0.3 is 15.1 Å². The molecule has 1 atom stereocenters. The van der Waals surface area contributed by atoms with Crippen molar-refractivity contribution in [1.82, 2.24) is 15.1 Å². The zero-order valence-corrected chi connectivity index (χ0v) is 11.7. The Morgan fingerprint density at radius 1 is 1.06 bits per heavy atom. The highest BCUT2D eigenvalue weighted by Gasteiger charge is 2.32. The standard InChI is InChI=1S/C14H29N3/c1-3-14(6-5-7-15-12-14)13-17-10-8-16(4-2)9-11-17/h15H,3-13H2,1-2H3. The van der Waals surface area contributed by atoms with Crippen LogP contribution in [0.4, 0.5) is 0 Å². The lowest BCUT2D eigenvalue weighted by Crippen LogP contribution is -2.53. The average molecular weight is 239 g/mol. The van der Waals surface area contributed by atoms with Crippen molar-refractivity contribution in [3.63, 3.8) is 0 Å². The predicted molar refractivity (Wildman–Crippen MR) is 73.4 cm³/mol. The van der Waals surface area contributed by atoms with Gasteiger partial charge in [-0.15, -0.1) is 0 Å². The van der Waals surface area contributed by atoms with Crippen molar-refractivity contribution in [3.05, 3.63) is 0 Å². The molecule has 0 aliphatic carbocycles. The van der Waals surface area contributed by atoms with Gasteiger partial charge in [0, 0.05) is 39.3 Å². The first kappa shape index (κ1) is 13.3. The molecule has 3 heteroatoms. The first-order chi connectivity index (χ1) is 8.28. The topological polar surface area (TPSA) is 18.5 Å². The van der Waals surface area contributed by atoms with E-state index in [0.717, 1.165) is 0 Å². The largest absolute Gasteiger partial charge is 0.316 e. The van der Waals surface area contributed by atoms with Gasteiger partial charge in [0.25, 0.3) is 0 Å². The van der Waals surface area contributed by atoms with E-state index in [1.165, 1.54) is 71.6 Å². The summed E-state index contributed by atoms with van der Waals surface area (Å²) in [6.07, 6.45) is 4.11. The fourth-order valence-electron chi connectivity index (χ4n) is 3.32. The molecule has 2 saturated heterocycles. The normalized spacial score (nSPS) is 32.8. The highest BCUT2D eigenvalue weighted by Crippen LogP contribution is 2.31.